The molecule has 26 heavy (non-hydrogen) atoms. The van der Waals surface area contributed by atoms with Crippen molar-refractivity contribution in [2.45, 2.75) is 18.0 Å². The Labute approximate surface area is 149 Å². The predicted octanol–water partition coefficient (Wildman–Crippen LogP) is 2.72. The molecule has 0 aliphatic heterocycles. The zero-order valence-corrected chi connectivity index (χ0v) is 14.6. The van der Waals surface area contributed by atoms with Gasteiger partial charge in [0.25, 0.3) is 5.91 Å². The number of hydrogen-bond acceptors (Lipinski definition) is 3. The first-order valence-corrected chi connectivity index (χ1v) is 9.10. The first-order valence-electron chi connectivity index (χ1n) is 7.61. The highest BCUT2D eigenvalue weighted by Gasteiger charge is 2.30. The van der Waals surface area contributed by atoms with E-state index in [0.717, 1.165) is 29.8 Å². The molecular formula is C17H17F3N2O3S. The summed E-state index contributed by atoms with van der Waals surface area (Å²) in [6.45, 7) is 1.77. The second kappa shape index (κ2) is 7.88. The van der Waals surface area contributed by atoms with E-state index in [0.29, 0.717) is 0 Å². The fourth-order valence-corrected chi connectivity index (χ4v) is 3.11. The molecule has 0 spiro atoms. The highest BCUT2D eigenvalue weighted by atomic mass is 32.2. The maximum Gasteiger partial charge on any atom is 0.416 e. The van der Waals surface area contributed by atoms with E-state index in [2.05, 4.69) is 10.0 Å². The molecule has 0 saturated carbocycles. The van der Waals surface area contributed by atoms with Gasteiger partial charge in [-0.05, 0) is 43.3 Å². The standard InChI is InChI=1S/C17H17F3N2O3S/c1-12-2-8-15(9-3-12)26(24,25)22-11-10-21-16(23)13-4-6-14(7-5-13)17(18,19)20/h2-9,22H,10-11H2,1H3,(H,21,23). The number of halogens is 3. The smallest absolute Gasteiger partial charge is 0.351 e. The van der Waals surface area contributed by atoms with Crippen LogP contribution in [0.15, 0.2) is 53.4 Å². The number of benzene rings is 2. The lowest BCUT2D eigenvalue weighted by atomic mass is 10.1. The lowest BCUT2D eigenvalue weighted by molar-refractivity contribution is -0.137. The average molecular weight is 386 g/mol. The Balaban J connectivity index is 1.85. The number of nitrogens with one attached hydrogen (secondary N) is 2. The van der Waals surface area contributed by atoms with Crippen molar-refractivity contribution in [2.75, 3.05) is 13.1 Å². The Morgan fingerprint density at radius 3 is 2.08 bits per heavy atom. The molecule has 5 nitrogen and oxygen atoms in total. The van der Waals surface area contributed by atoms with E-state index in [1.807, 2.05) is 6.92 Å². The molecule has 9 heteroatoms. The van der Waals surface area contributed by atoms with Gasteiger partial charge >= 0.3 is 6.18 Å². The third-order valence-corrected chi connectivity index (χ3v) is 4.99. The summed E-state index contributed by atoms with van der Waals surface area (Å²) in [5.41, 5.74) is 0.132. The summed E-state index contributed by atoms with van der Waals surface area (Å²) in [5.74, 6) is -0.590. The summed E-state index contributed by atoms with van der Waals surface area (Å²) in [6, 6.07) is 10.0. The van der Waals surface area contributed by atoms with E-state index in [1.165, 1.54) is 12.1 Å². The van der Waals surface area contributed by atoms with Crippen LogP contribution >= 0.6 is 0 Å². The molecule has 0 unspecified atom stereocenters. The maximum absolute atomic E-state index is 12.5. The van der Waals surface area contributed by atoms with Crippen molar-refractivity contribution < 1.29 is 26.4 Å². The van der Waals surface area contributed by atoms with Gasteiger partial charge in [-0.3, -0.25) is 4.79 Å². The monoisotopic (exact) mass is 386 g/mol. The lowest BCUT2D eigenvalue weighted by Crippen LogP contribution is -2.34. The molecule has 0 heterocycles. The largest absolute Gasteiger partial charge is 0.416 e. The van der Waals surface area contributed by atoms with E-state index in [-0.39, 0.29) is 23.5 Å². The quantitative estimate of drug-likeness (QED) is 0.750. The molecule has 0 aliphatic carbocycles. The zero-order valence-electron chi connectivity index (χ0n) is 13.8. The lowest BCUT2D eigenvalue weighted by Gasteiger charge is -2.09. The van der Waals surface area contributed by atoms with E-state index < -0.39 is 27.7 Å². The van der Waals surface area contributed by atoms with Crippen molar-refractivity contribution in [1.82, 2.24) is 10.0 Å². The number of hydrogen-bond donors (Lipinski definition) is 2. The van der Waals surface area contributed by atoms with Gasteiger partial charge in [-0.15, -0.1) is 0 Å². The number of carbonyl (C=O) groups is 1. The first kappa shape index (κ1) is 19.9. The minimum Gasteiger partial charge on any atom is -0.351 e. The van der Waals surface area contributed by atoms with Crippen LogP contribution in [0.1, 0.15) is 21.5 Å². The predicted molar refractivity (Wildman–Crippen MR) is 90.1 cm³/mol. The van der Waals surface area contributed by atoms with Crippen LogP contribution in [0.25, 0.3) is 0 Å². The number of amides is 1. The van der Waals surface area contributed by atoms with Crippen LogP contribution in [0.4, 0.5) is 13.2 Å². The Morgan fingerprint density at radius 2 is 1.54 bits per heavy atom. The van der Waals surface area contributed by atoms with Gasteiger partial charge in [0.1, 0.15) is 0 Å². The fourth-order valence-electron chi connectivity index (χ4n) is 2.07. The molecule has 0 fully saturated rings. The Bertz CT molecular complexity index is 862. The molecule has 1 amide bonds. The van der Waals surface area contributed by atoms with E-state index in [9.17, 15) is 26.4 Å². The second-order valence-corrected chi connectivity index (χ2v) is 7.31. The maximum atomic E-state index is 12.5. The van der Waals surface area contributed by atoms with Crippen molar-refractivity contribution in [1.29, 1.82) is 0 Å². The van der Waals surface area contributed by atoms with Gasteiger partial charge in [0.15, 0.2) is 0 Å². The van der Waals surface area contributed by atoms with Crippen molar-refractivity contribution in [3.8, 4) is 0 Å². The minimum atomic E-state index is -4.47. The molecule has 140 valence electrons. The van der Waals surface area contributed by atoms with Crippen molar-refractivity contribution in [3.05, 3.63) is 65.2 Å². The van der Waals surface area contributed by atoms with Gasteiger partial charge in [-0.2, -0.15) is 13.2 Å². The summed E-state index contributed by atoms with van der Waals surface area (Å²) < 4.78 is 63.9. The summed E-state index contributed by atoms with van der Waals surface area (Å²) in [5, 5.41) is 2.44. The first-order chi connectivity index (χ1) is 12.1. The van der Waals surface area contributed by atoms with Crippen LogP contribution in [-0.2, 0) is 16.2 Å². The molecule has 0 aliphatic rings. The summed E-state index contributed by atoms with van der Waals surface area (Å²) in [4.78, 5) is 12.0. The number of aryl methyl sites for hydroxylation is 1. The second-order valence-electron chi connectivity index (χ2n) is 5.54. The van der Waals surface area contributed by atoms with Crippen LogP contribution in [0, 0.1) is 6.92 Å². The molecule has 2 rings (SSSR count). The van der Waals surface area contributed by atoms with Gasteiger partial charge in [-0.25, -0.2) is 13.1 Å². The molecule has 0 atom stereocenters. The van der Waals surface area contributed by atoms with Crippen molar-refractivity contribution in [2.24, 2.45) is 0 Å². The SMILES string of the molecule is Cc1ccc(S(=O)(=O)NCCNC(=O)c2ccc(C(F)(F)F)cc2)cc1. The third kappa shape index (κ3) is 5.30. The highest BCUT2D eigenvalue weighted by Crippen LogP contribution is 2.29. The molecule has 0 saturated heterocycles. The van der Waals surface area contributed by atoms with Crippen LogP contribution < -0.4 is 10.0 Å². The van der Waals surface area contributed by atoms with Crippen molar-refractivity contribution >= 4 is 15.9 Å². The molecule has 0 radical (unpaired) electrons. The molecule has 2 aromatic carbocycles. The fraction of sp³-hybridized carbons (Fsp3) is 0.235. The summed E-state index contributed by atoms with van der Waals surface area (Å²) in [6.07, 6.45) is -4.47. The van der Waals surface area contributed by atoms with Crippen LogP contribution in [0.3, 0.4) is 0 Å². The van der Waals surface area contributed by atoms with Gasteiger partial charge in [-0.1, -0.05) is 17.7 Å². The van der Waals surface area contributed by atoms with Crippen LogP contribution in [0.5, 0.6) is 0 Å². The molecule has 0 bridgehead atoms. The molecular weight excluding hydrogens is 369 g/mol. The number of sulfonamides is 1. The van der Waals surface area contributed by atoms with E-state index in [4.69, 9.17) is 0 Å². The van der Waals surface area contributed by atoms with Crippen LogP contribution in [0.2, 0.25) is 0 Å². The minimum absolute atomic E-state index is 0.00898. The topological polar surface area (TPSA) is 75.3 Å². The number of carbonyl (C=O) groups excluding carboxylic acids is 1. The zero-order chi connectivity index (χ0) is 19.4. The Morgan fingerprint density at radius 1 is 0.962 bits per heavy atom. The van der Waals surface area contributed by atoms with Gasteiger partial charge < -0.3 is 5.32 Å². The van der Waals surface area contributed by atoms with Crippen molar-refractivity contribution in [3.63, 3.8) is 0 Å². The molecule has 2 aromatic rings. The molecule has 0 aromatic heterocycles. The summed E-state index contributed by atoms with van der Waals surface area (Å²) in [7, 11) is -3.69. The van der Waals surface area contributed by atoms with Gasteiger partial charge in [0.05, 0.1) is 10.5 Å². The average Bonchev–Trinajstić information content (AvgIpc) is 2.58. The van der Waals surface area contributed by atoms with E-state index >= 15 is 0 Å². The van der Waals surface area contributed by atoms with E-state index in [1.54, 1.807) is 12.1 Å². The van der Waals surface area contributed by atoms with Gasteiger partial charge in [0.2, 0.25) is 10.0 Å². The Hall–Kier alpha value is -2.39. The normalized spacial score (nSPS) is 12.0. The summed E-state index contributed by atoms with van der Waals surface area (Å²) >= 11 is 0. The number of alkyl halides is 3. The number of rotatable bonds is 6. The van der Waals surface area contributed by atoms with Gasteiger partial charge in [0, 0.05) is 18.7 Å². The molecule has 2 N–H and O–H groups in total. The van der Waals surface area contributed by atoms with Crippen LogP contribution in [-0.4, -0.2) is 27.4 Å². The Kier molecular flexibility index (Phi) is 6.04. The highest BCUT2D eigenvalue weighted by molar-refractivity contribution is 7.89. The third-order valence-electron chi connectivity index (χ3n) is 3.51.